The van der Waals surface area contributed by atoms with E-state index in [0.717, 1.165) is 43.6 Å². The lowest BCUT2D eigenvalue weighted by molar-refractivity contribution is 0.0784. The SMILES string of the molecule is CCCc1sc(C(=O)N2CC3CCC(N)C3C2)cc1CC.Cl. The number of hydrogen-bond donors (Lipinski definition) is 1. The number of halogens is 1. The van der Waals surface area contributed by atoms with Crippen molar-refractivity contribution in [2.75, 3.05) is 13.1 Å². The summed E-state index contributed by atoms with van der Waals surface area (Å²) in [5, 5.41) is 0. The highest BCUT2D eigenvalue weighted by Crippen LogP contribution is 2.38. The van der Waals surface area contributed by atoms with Crippen LogP contribution in [0, 0.1) is 11.8 Å². The highest BCUT2D eigenvalue weighted by Gasteiger charge is 2.42. The van der Waals surface area contributed by atoms with E-state index >= 15 is 0 Å². The van der Waals surface area contributed by atoms with Crippen LogP contribution in [0.5, 0.6) is 0 Å². The normalized spacial score (nSPS) is 26.9. The van der Waals surface area contributed by atoms with Gasteiger partial charge in [-0.3, -0.25) is 4.79 Å². The number of aryl methyl sites for hydroxylation is 2. The van der Waals surface area contributed by atoms with Crippen LogP contribution in [0.3, 0.4) is 0 Å². The molecule has 3 unspecified atom stereocenters. The average Bonchev–Trinajstić information content (AvgIpc) is 3.15. The van der Waals surface area contributed by atoms with Gasteiger partial charge < -0.3 is 10.6 Å². The molecule has 2 aliphatic rings. The van der Waals surface area contributed by atoms with Crippen LogP contribution >= 0.6 is 23.7 Å². The molecule has 1 saturated heterocycles. The lowest BCUT2D eigenvalue weighted by atomic mass is 9.98. The molecule has 22 heavy (non-hydrogen) atoms. The fourth-order valence-corrected chi connectivity index (χ4v) is 5.26. The van der Waals surface area contributed by atoms with E-state index in [2.05, 4.69) is 24.8 Å². The summed E-state index contributed by atoms with van der Waals surface area (Å²) in [5.41, 5.74) is 7.54. The zero-order chi connectivity index (χ0) is 15.0. The monoisotopic (exact) mass is 342 g/mol. The first kappa shape index (κ1) is 17.8. The molecule has 1 aliphatic carbocycles. The minimum absolute atomic E-state index is 0. The number of fused-ring (bicyclic) bond motifs is 1. The van der Waals surface area contributed by atoms with E-state index in [-0.39, 0.29) is 18.3 Å². The number of thiophene rings is 1. The van der Waals surface area contributed by atoms with Crippen LogP contribution in [0.2, 0.25) is 0 Å². The molecule has 1 aromatic rings. The summed E-state index contributed by atoms with van der Waals surface area (Å²) in [6.45, 7) is 6.16. The Morgan fingerprint density at radius 2 is 2.14 bits per heavy atom. The third-order valence-corrected chi connectivity index (χ3v) is 6.39. The third kappa shape index (κ3) is 3.19. The summed E-state index contributed by atoms with van der Waals surface area (Å²) in [7, 11) is 0. The number of nitrogens with zero attached hydrogens (tertiary/aromatic N) is 1. The number of amides is 1. The molecule has 0 spiro atoms. The average molecular weight is 343 g/mol. The van der Waals surface area contributed by atoms with Gasteiger partial charge in [0.2, 0.25) is 0 Å². The van der Waals surface area contributed by atoms with Gasteiger partial charge in [-0.2, -0.15) is 0 Å². The molecule has 2 heterocycles. The Bertz CT molecular complexity index is 531. The Balaban J connectivity index is 0.00000176. The molecule has 0 radical (unpaired) electrons. The molecule has 124 valence electrons. The summed E-state index contributed by atoms with van der Waals surface area (Å²) in [4.78, 5) is 17.2. The lowest BCUT2D eigenvalue weighted by Gasteiger charge is -2.17. The largest absolute Gasteiger partial charge is 0.337 e. The van der Waals surface area contributed by atoms with Crippen molar-refractivity contribution in [2.45, 2.75) is 52.0 Å². The van der Waals surface area contributed by atoms with Gasteiger partial charge in [-0.1, -0.05) is 20.3 Å². The maximum Gasteiger partial charge on any atom is 0.263 e. The molecule has 1 aliphatic heterocycles. The number of carbonyl (C=O) groups excluding carboxylic acids is 1. The minimum Gasteiger partial charge on any atom is -0.337 e. The molecular formula is C17H27ClN2OS. The number of hydrogen-bond acceptors (Lipinski definition) is 3. The fourth-order valence-electron chi connectivity index (χ4n) is 3.94. The van der Waals surface area contributed by atoms with Crippen LogP contribution in [0.15, 0.2) is 6.07 Å². The topological polar surface area (TPSA) is 46.3 Å². The lowest BCUT2D eigenvalue weighted by Crippen LogP contribution is -2.33. The highest BCUT2D eigenvalue weighted by molar-refractivity contribution is 7.14. The Morgan fingerprint density at radius 1 is 1.36 bits per heavy atom. The van der Waals surface area contributed by atoms with Crippen molar-refractivity contribution in [2.24, 2.45) is 17.6 Å². The second-order valence-electron chi connectivity index (χ2n) is 6.54. The van der Waals surface area contributed by atoms with Crippen LogP contribution in [0.25, 0.3) is 0 Å². The molecule has 2 N–H and O–H groups in total. The van der Waals surface area contributed by atoms with Crippen LogP contribution in [0.1, 0.15) is 53.2 Å². The number of rotatable bonds is 4. The van der Waals surface area contributed by atoms with Crippen molar-refractivity contribution in [3.8, 4) is 0 Å². The molecule has 3 rings (SSSR count). The molecule has 5 heteroatoms. The molecule has 1 saturated carbocycles. The Morgan fingerprint density at radius 3 is 2.77 bits per heavy atom. The first-order valence-electron chi connectivity index (χ1n) is 8.30. The maximum absolute atomic E-state index is 12.8. The van der Waals surface area contributed by atoms with Gasteiger partial charge in [-0.25, -0.2) is 0 Å². The van der Waals surface area contributed by atoms with Crippen molar-refractivity contribution < 1.29 is 4.79 Å². The number of carbonyl (C=O) groups is 1. The van der Waals surface area contributed by atoms with E-state index < -0.39 is 0 Å². The molecular weight excluding hydrogens is 316 g/mol. The van der Waals surface area contributed by atoms with E-state index in [4.69, 9.17) is 5.73 Å². The molecule has 3 atom stereocenters. The molecule has 1 amide bonds. The standard InChI is InChI=1S/C17H26N2OS.ClH/c1-3-5-15-11(4-2)8-16(21-15)17(20)19-9-12-6-7-14(18)13(12)10-19;/h8,12-14H,3-7,9-10,18H2,1-2H3;1H. The summed E-state index contributed by atoms with van der Waals surface area (Å²) < 4.78 is 0. The van der Waals surface area contributed by atoms with E-state index in [9.17, 15) is 4.79 Å². The van der Waals surface area contributed by atoms with Crippen molar-refractivity contribution >= 4 is 29.7 Å². The van der Waals surface area contributed by atoms with E-state index in [1.165, 1.54) is 16.9 Å². The van der Waals surface area contributed by atoms with Crippen LogP contribution in [0.4, 0.5) is 0 Å². The number of likely N-dealkylation sites (tertiary alicyclic amines) is 1. The molecule has 2 fully saturated rings. The van der Waals surface area contributed by atoms with Crippen molar-refractivity contribution in [3.05, 3.63) is 21.4 Å². The Hall–Kier alpha value is -0.580. The van der Waals surface area contributed by atoms with Crippen molar-refractivity contribution in [1.29, 1.82) is 0 Å². The molecule has 1 aromatic heterocycles. The van der Waals surface area contributed by atoms with E-state index in [1.54, 1.807) is 11.3 Å². The second-order valence-corrected chi connectivity index (χ2v) is 7.67. The van der Waals surface area contributed by atoms with Gasteiger partial charge in [-0.05, 0) is 49.1 Å². The summed E-state index contributed by atoms with van der Waals surface area (Å²) >= 11 is 1.71. The van der Waals surface area contributed by atoms with E-state index in [1.807, 2.05) is 0 Å². The zero-order valence-electron chi connectivity index (χ0n) is 13.5. The highest BCUT2D eigenvalue weighted by atomic mass is 35.5. The van der Waals surface area contributed by atoms with Crippen molar-refractivity contribution in [1.82, 2.24) is 4.90 Å². The third-order valence-electron chi connectivity index (χ3n) is 5.16. The van der Waals surface area contributed by atoms with Crippen LogP contribution < -0.4 is 5.73 Å². The van der Waals surface area contributed by atoms with E-state index in [0.29, 0.717) is 17.9 Å². The Kier molecular flexibility index (Phi) is 5.92. The first-order valence-corrected chi connectivity index (χ1v) is 9.12. The van der Waals surface area contributed by atoms with Gasteiger partial charge in [-0.15, -0.1) is 23.7 Å². The van der Waals surface area contributed by atoms with Gasteiger partial charge in [0.25, 0.3) is 5.91 Å². The summed E-state index contributed by atoms with van der Waals surface area (Å²) in [6, 6.07) is 2.43. The van der Waals surface area contributed by atoms with Gasteiger partial charge in [0.15, 0.2) is 0 Å². The molecule has 0 aromatic carbocycles. The number of nitrogens with two attached hydrogens (primary N) is 1. The predicted octanol–water partition coefficient (Wildman–Crippen LogP) is 3.49. The van der Waals surface area contributed by atoms with Gasteiger partial charge >= 0.3 is 0 Å². The van der Waals surface area contributed by atoms with Crippen LogP contribution in [-0.2, 0) is 12.8 Å². The van der Waals surface area contributed by atoms with Crippen molar-refractivity contribution in [3.63, 3.8) is 0 Å². The summed E-state index contributed by atoms with van der Waals surface area (Å²) in [5.74, 6) is 1.41. The van der Waals surface area contributed by atoms with Gasteiger partial charge in [0.05, 0.1) is 4.88 Å². The maximum atomic E-state index is 12.8. The minimum atomic E-state index is 0. The second kappa shape index (κ2) is 7.33. The quantitative estimate of drug-likeness (QED) is 0.910. The smallest absolute Gasteiger partial charge is 0.263 e. The predicted molar refractivity (Wildman–Crippen MR) is 95.0 cm³/mol. The zero-order valence-corrected chi connectivity index (χ0v) is 15.1. The Labute approximate surface area is 143 Å². The fraction of sp³-hybridized carbons (Fsp3) is 0.706. The first-order chi connectivity index (χ1) is 10.1. The molecule has 3 nitrogen and oxygen atoms in total. The van der Waals surface area contributed by atoms with Gasteiger partial charge in [0, 0.05) is 24.0 Å². The van der Waals surface area contributed by atoms with Gasteiger partial charge in [0.1, 0.15) is 0 Å². The summed E-state index contributed by atoms with van der Waals surface area (Å²) in [6.07, 6.45) is 5.59. The molecule has 0 bridgehead atoms. The van der Waals surface area contributed by atoms with Crippen LogP contribution in [-0.4, -0.2) is 29.9 Å².